The number of carbonyl (C=O) groups excluding carboxylic acids is 2. The van der Waals surface area contributed by atoms with Gasteiger partial charge in [0.05, 0.1) is 11.8 Å². The maximum absolute atomic E-state index is 12.1. The first kappa shape index (κ1) is 16.9. The molecule has 0 aromatic carbocycles. The van der Waals surface area contributed by atoms with E-state index in [0.717, 1.165) is 0 Å². The zero-order valence-electron chi connectivity index (χ0n) is 13.5. The Hall–Kier alpha value is -1.96. The second-order valence-electron chi connectivity index (χ2n) is 6.79. The number of hydrogen-bond donors (Lipinski definition) is 2. The van der Waals surface area contributed by atoms with E-state index in [1.165, 1.54) is 19.1 Å². The summed E-state index contributed by atoms with van der Waals surface area (Å²) in [5.41, 5.74) is -2.32. The molecule has 1 saturated heterocycles. The van der Waals surface area contributed by atoms with Crippen molar-refractivity contribution in [3.63, 3.8) is 0 Å². The van der Waals surface area contributed by atoms with Crippen molar-refractivity contribution in [1.29, 1.82) is 0 Å². The molecule has 2 aliphatic carbocycles. The molecule has 0 aromatic rings. The van der Waals surface area contributed by atoms with Crippen LogP contribution in [-0.4, -0.2) is 45.7 Å². The fourth-order valence-electron chi connectivity index (χ4n) is 4.12. The van der Waals surface area contributed by atoms with Crippen LogP contribution in [0.15, 0.2) is 36.5 Å². The highest BCUT2D eigenvalue weighted by Gasteiger charge is 2.65. The van der Waals surface area contributed by atoms with Crippen LogP contribution < -0.4 is 0 Å². The second kappa shape index (κ2) is 5.27. The number of aliphatic hydroxyl groups is 1. The molecule has 3 rings (SSSR count). The summed E-state index contributed by atoms with van der Waals surface area (Å²) in [5.74, 6) is -2.65. The number of ether oxygens (including phenoxy) is 2. The van der Waals surface area contributed by atoms with E-state index in [1.807, 2.05) is 0 Å². The van der Waals surface area contributed by atoms with Crippen LogP contribution in [0.5, 0.6) is 0 Å². The molecular formula is C17H20O7. The van der Waals surface area contributed by atoms with E-state index >= 15 is 0 Å². The van der Waals surface area contributed by atoms with Crippen LogP contribution in [0.3, 0.4) is 0 Å². The lowest BCUT2D eigenvalue weighted by molar-refractivity contribution is -0.327. The summed E-state index contributed by atoms with van der Waals surface area (Å²) in [7, 11) is 0. The summed E-state index contributed by atoms with van der Waals surface area (Å²) in [5, 5.41) is 20.5. The molecule has 0 aromatic heterocycles. The Kier molecular flexibility index (Phi) is 3.71. The molecule has 1 heterocycles. The number of fused-ring (bicyclic) bond motifs is 3. The lowest BCUT2D eigenvalue weighted by Crippen LogP contribution is -2.52. The van der Waals surface area contributed by atoms with E-state index in [9.17, 15) is 20.0 Å². The number of hydrogen-bond acceptors (Lipinski definition) is 7. The van der Waals surface area contributed by atoms with Crippen LogP contribution in [-0.2, 0) is 24.0 Å². The average molecular weight is 336 g/mol. The zero-order chi connectivity index (χ0) is 17.9. The topological polar surface area (TPSA) is 102 Å². The minimum absolute atomic E-state index is 0.134. The van der Waals surface area contributed by atoms with Crippen molar-refractivity contribution in [2.45, 2.75) is 43.7 Å². The van der Waals surface area contributed by atoms with Crippen LogP contribution in [0.25, 0.3) is 0 Å². The first-order valence-electron chi connectivity index (χ1n) is 7.64. The standard InChI is InChI=1S/C17H20O7/c1-8-7-11(22-10(3)18)12-9(2)15(19)23-13(12)14-16(4,24-21)5-6-17(8,14)20/h5-6,11-14,20-21H,1-2,7H2,3-4H3/t11-,12+,13-,14-,16-,17-/m0/s1. The summed E-state index contributed by atoms with van der Waals surface area (Å²) in [4.78, 5) is 28.2. The molecule has 2 N–H and O–H groups in total. The Morgan fingerprint density at radius 1 is 1.42 bits per heavy atom. The zero-order valence-corrected chi connectivity index (χ0v) is 13.5. The average Bonchev–Trinajstić information content (AvgIpc) is 2.91. The normalized spacial score (nSPS) is 43.9. The van der Waals surface area contributed by atoms with Gasteiger partial charge in [-0.05, 0) is 18.6 Å². The van der Waals surface area contributed by atoms with Crippen molar-refractivity contribution < 1.29 is 34.3 Å². The molecule has 0 bridgehead atoms. The SMILES string of the molecule is C=C1C(=O)O[C@H]2[C@H]1[C@@H](OC(C)=O)CC(=C)[C@@]1(O)C=C[C@](C)(OO)[C@H]21. The van der Waals surface area contributed by atoms with E-state index in [-0.39, 0.29) is 12.0 Å². The van der Waals surface area contributed by atoms with E-state index in [1.54, 1.807) is 6.92 Å². The smallest absolute Gasteiger partial charge is 0.334 e. The van der Waals surface area contributed by atoms with Crippen LogP contribution in [0.1, 0.15) is 20.3 Å². The molecule has 7 nitrogen and oxygen atoms in total. The van der Waals surface area contributed by atoms with Crippen LogP contribution in [0.4, 0.5) is 0 Å². The van der Waals surface area contributed by atoms with Crippen LogP contribution in [0, 0.1) is 11.8 Å². The third kappa shape index (κ3) is 2.16. The molecule has 1 saturated carbocycles. The Bertz CT molecular complexity index is 666. The maximum atomic E-state index is 12.1. The van der Waals surface area contributed by atoms with Crippen LogP contribution in [0.2, 0.25) is 0 Å². The van der Waals surface area contributed by atoms with Gasteiger partial charge in [0.25, 0.3) is 0 Å². The predicted molar refractivity (Wildman–Crippen MR) is 81.5 cm³/mol. The van der Waals surface area contributed by atoms with Gasteiger partial charge in [-0.3, -0.25) is 10.1 Å². The molecule has 6 atom stereocenters. The van der Waals surface area contributed by atoms with Crippen molar-refractivity contribution >= 4 is 11.9 Å². The third-order valence-electron chi connectivity index (χ3n) is 5.28. The van der Waals surface area contributed by atoms with Crippen molar-refractivity contribution in [3.8, 4) is 0 Å². The van der Waals surface area contributed by atoms with Gasteiger partial charge in [-0.2, -0.15) is 0 Å². The number of carbonyl (C=O) groups is 2. The molecule has 130 valence electrons. The molecule has 7 heteroatoms. The fourth-order valence-corrected chi connectivity index (χ4v) is 4.12. The van der Waals surface area contributed by atoms with Gasteiger partial charge < -0.3 is 14.6 Å². The molecule has 24 heavy (non-hydrogen) atoms. The second-order valence-corrected chi connectivity index (χ2v) is 6.79. The molecule has 0 radical (unpaired) electrons. The van der Waals surface area contributed by atoms with Gasteiger partial charge in [-0.1, -0.05) is 19.2 Å². The summed E-state index contributed by atoms with van der Waals surface area (Å²) in [6.45, 7) is 10.5. The first-order valence-corrected chi connectivity index (χ1v) is 7.64. The van der Waals surface area contributed by atoms with Gasteiger partial charge in [-0.25, -0.2) is 9.68 Å². The minimum atomic E-state index is -1.57. The first-order chi connectivity index (χ1) is 11.1. The maximum Gasteiger partial charge on any atom is 0.334 e. The van der Waals surface area contributed by atoms with Crippen molar-refractivity contribution in [2.24, 2.45) is 11.8 Å². The van der Waals surface area contributed by atoms with Gasteiger partial charge in [-0.15, -0.1) is 0 Å². The summed E-state index contributed by atoms with van der Waals surface area (Å²) in [6, 6.07) is 0. The lowest BCUT2D eigenvalue weighted by Gasteiger charge is -2.39. The summed E-state index contributed by atoms with van der Waals surface area (Å²) >= 11 is 0. The van der Waals surface area contributed by atoms with Gasteiger partial charge >= 0.3 is 11.9 Å². The monoisotopic (exact) mass is 336 g/mol. The largest absolute Gasteiger partial charge is 0.461 e. The van der Waals surface area contributed by atoms with Crippen molar-refractivity contribution in [1.82, 2.24) is 0 Å². The van der Waals surface area contributed by atoms with E-state index < -0.39 is 47.2 Å². The van der Waals surface area contributed by atoms with E-state index in [0.29, 0.717) is 5.57 Å². The van der Waals surface area contributed by atoms with Gasteiger partial charge in [0.2, 0.25) is 0 Å². The highest BCUT2D eigenvalue weighted by molar-refractivity contribution is 5.91. The Morgan fingerprint density at radius 3 is 2.67 bits per heavy atom. The molecule has 0 amide bonds. The summed E-state index contributed by atoms with van der Waals surface area (Å²) < 4.78 is 10.8. The highest BCUT2D eigenvalue weighted by Crippen LogP contribution is 2.54. The molecule has 0 unspecified atom stereocenters. The van der Waals surface area contributed by atoms with Gasteiger partial charge in [0, 0.05) is 18.9 Å². The molecule has 3 aliphatic rings. The lowest BCUT2D eigenvalue weighted by atomic mass is 9.73. The molecule has 0 spiro atoms. The minimum Gasteiger partial charge on any atom is -0.461 e. The Labute approximate surface area is 139 Å². The van der Waals surface area contributed by atoms with Crippen LogP contribution >= 0.6 is 0 Å². The predicted octanol–water partition coefficient (Wildman–Crippen LogP) is 1.14. The van der Waals surface area contributed by atoms with Gasteiger partial charge in [0.15, 0.2) is 0 Å². The fraction of sp³-hybridized carbons (Fsp3) is 0.529. The van der Waals surface area contributed by atoms with E-state index in [4.69, 9.17) is 9.47 Å². The van der Waals surface area contributed by atoms with E-state index in [2.05, 4.69) is 18.0 Å². The molecule has 2 fully saturated rings. The highest BCUT2D eigenvalue weighted by atomic mass is 17.1. The summed E-state index contributed by atoms with van der Waals surface area (Å²) in [6.07, 6.45) is 1.49. The molecular weight excluding hydrogens is 316 g/mol. The Balaban J connectivity index is 2.13. The van der Waals surface area contributed by atoms with Crippen molar-refractivity contribution in [2.75, 3.05) is 0 Å². The quantitative estimate of drug-likeness (QED) is 0.256. The molecule has 1 aliphatic heterocycles. The van der Waals surface area contributed by atoms with Gasteiger partial charge in [0.1, 0.15) is 23.4 Å². The Morgan fingerprint density at radius 2 is 2.08 bits per heavy atom. The number of rotatable bonds is 2. The third-order valence-corrected chi connectivity index (χ3v) is 5.28. The number of esters is 2. The van der Waals surface area contributed by atoms with Crippen molar-refractivity contribution in [3.05, 3.63) is 36.5 Å².